The number of ether oxygens (including phenoxy) is 2. The Morgan fingerprint density at radius 1 is 1.12 bits per heavy atom. The predicted octanol–water partition coefficient (Wildman–Crippen LogP) is 3.95. The molecular weight excluding hydrogens is 542 g/mol. The molecule has 1 spiro atoms. The lowest BCUT2D eigenvalue weighted by molar-refractivity contribution is -0.125. The number of amides is 1. The van der Waals surface area contributed by atoms with Gasteiger partial charge in [-0.2, -0.15) is 0 Å². The normalized spacial score (nSPS) is 20.3. The Morgan fingerprint density at radius 2 is 1.95 bits per heavy atom. The van der Waals surface area contributed by atoms with Crippen LogP contribution in [-0.4, -0.2) is 82.0 Å². The summed E-state index contributed by atoms with van der Waals surface area (Å²) in [7, 11) is 0.0115. The highest BCUT2D eigenvalue weighted by molar-refractivity contribution is 7.92. The second kappa shape index (κ2) is 10.8. The molecule has 2 aromatic heterocycles. The van der Waals surface area contributed by atoms with E-state index in [0.717, 1.165) is 97.7 Å². The number of likely N-dealkylation sites (N-methyl/N-ethyl adjacent to an activating group) is 1. The average Bonchev–Trinajstić information content (AvgIpc) is 3.17. The zero-order valence-corrected chi connectivity index (χ0v) is 24.7. The van der Waals surface area contributed by atoms with Gasteiger partial charge in [-0.1, -0.05) is 12.5 Å². The summed E-state index contributed by atoms with van der Waals surface area (Å²) in [5.41, 5.74) is 4.17. The van der Waals surface area contributed by atoms with Gasteiger partial charge in [-0.15, -0.1) is 0 Å². The number of carbonyl (C=O) groups excluding carboxylic acids is 1. The molecule has 3 aliphatic rings. The number of anilines is 2. The van der Waals surface area contributed by atoms with Crippen LogP contribution in [0.2, 0.25) is 0 Å². The number of rotatable bonds is 9. The minimum atomic E-state index is -3.57. The maximum atomic E-state index is 13.2. The van der Waals surface area contributed by atoms with Crippen LogP contribution in [0.5, 0.6) is 5.88 Å². The average molecular weight is 580 g/mol. The molecule has 10 nitrogen and oxygen atoms in total. The van der Waals surface area contributed by atoms with Crippen molar-refractivity contribution in [2.24, 2.45) is 0 Å². The number of hydrogen-bond donors (Lipinski definition) is 1. The highest BCUT2D eigenvalue weighted by atomic mass is 32.2. The van der Waals surface area contributed by atoms with Crippen LogP contribution in [0.4, 0.5) is 11.4 Å². The molecule has 0 radical (unpaired) electrons. The van der Waals surface area contributed by atoms with E-state index >= 15 is 0 Å². The van der Waals surface area contributed by atoms with Gasteiger partial charge in [-0.25, -0.2) is 13.4 Å². The Hall–Kier alpha value is -3.28. The number of methoxy groups -OCH3 is 1. The Bertz CT molecular complexity index is 1590. The van der Waals surface area contributed by atoms with Gasteiger partial charge >= 0.3 is 0 Å². The molecule has 4 heterocycles. The number of likely N-dealkylation sites (tertiary alicyclic amines) is 1. The van der Waals surface area contributed by atoms with E-state index in [1.165, 1.54) is 0 Å². The lowest BCUT2D eigenvalue weighted by atomic mass is 9.64. The molecule has 0 bridgehead atoms. The lowest BCUT2D eigenvalue weighted by Crippen LogP contribution is -2.43. The standard InChI is InChI=1S/C30H37N5O5S/c1-34-26-18-31-24-9-8-20(15-23(24)27(26)30(29(34)36)10-5-11-30)21-16-25(33-41(3,37)38)28(32-17-21)40-14-6-13-35-12-4-7-22(19-35)39-2/h8-9,15-18,22,33H,4-7,10-14,19H2,1-3H3. The molecule has 218 valence electrons. The van der Waals surface area contributed by atoms with Crippen molar-refractivity contribution in [3.63, 3.8) is 0 Å². The van der Waals surface area contributed by atoms with Crippen molar-refractivity contribution >= 4 is 38.2 Å². The second-order valence-electron chi connectivity index (χ2n) is 11.5. The van der Waals surface area contributed by atoms with E-state index in [4.69, 9.17) is 9.47 Å². The van der Waals surface area contributed by atoms with Crippen molar-refractivity contribution in [2.45, 2.75) is 50.0 Å². The molecule has 1 atom stereocenters. The largest absolute Gasteiger partial charge is 0.476 e. The number of nitrogens with zero attached hydrogens (tertiary/aromatic N) is 4. The van der Waals surface area contributed by atoms with Gasteiger partial charge in [0.2, 0.25) is 21.8 Å². The predicted molar refractivity (Wildman–Crippen MR) is 159 cm³/mol. The molecule has 1 saturated heterocycles. The van der Waals surface area contributed by atoms with E-state index in [-0.39, 0.29) is 17.9 Å². The summed E-state index contributed by atoms with van der Waals surface area (Å²) in [6, 6.07) is 7.69. The van der Waals surface area contributed by atoms with Gasteiger partial charge in [-0.05, 0) is 62.4 Å². The number of nitrogens with one attached hydrogen (secondary N) is 1. The van der Waals surface area contributed by atoms with Gasteiger partial charge in [0.15, 0.2) is 0 Å². The summed E-state index contributed by atoms with van der Waals surface area (Å²) >= 11 is 0. The molecule has 6 rings (SSSR count). The SMILES string of the molecule is COC1CCCN(CCCOc2ncc(-c3ccc4ncc5c(c4c3)C3(CCC3)C(=O)N5C)cc2NS(C)(=O)=O)C1. The zero-order valence-electron chi connectivity index (χ0n) is 23.9. The van der Waals surface area contributed by atoms with Crippen LogP contribution < -0.4 is 14.4 Å². The monoisotopic (exact) mass is 579 g/mol. The highest BCUT2D eigenvalue weighted by Crippen LogP contribution is 2.55. The Morgan fingerprint density at radius 3 is 2.68 bits per heavy atom. The van der Waals surface area contributed by atoms with Crippen molar-refractivity contribution in [1.29, 1.82) is 0 Å². The fourth-order valence-electron chi connectivity index (χ4n) is 6.51. The number of pyridine rings is 2. The Balaban J connectivity index is 1.26. The van der Waals surface area contributed by atoms with Crippen LogP contribution in [0.25, 0.3) is 22.0 Å². The molecule has 3 aromatic rings. The van der Waals surface area contributed by atoms with Crippen molar-refractivity contribution in [2.75, 3.05) is 56.3 Å². The number of benzene rings is 1. The van der Waals surface area contributed by atoms with Crippen molar-refractivity contribution in [1.82, 2.24) is 14.9 Å². The number of carbonyl (C=O) groups is 1. The first-order valence-corrected chi connectivity index (χ1v) is 16.2. The van der Waals surface area contributed by atoms with Gasteiger partial charge in [0.25, 0.3) is 0 Å². The summed E-state index contributed by atoms with van der Waals surface area (Å²) in [5, 5.41) is 0.948. The van der Waals surface area contributed by atoms with Crippen LogP contribution in [-0.2, 0) is 25.0 Å². The molecule has 2 aliphatic heterocycles. The summed E-state index contributed by atoms with van der Waals surface area (Å²) in [4.78, 5) is 26.5. The van der Waals surface area contributed by atoms with Crippen LogP contribution in [0.3, 0.4) is 0 Å². The van der Waals surface area contributed by atoms with Crippen molar-refractivity contribution < 1.29 is 22.7 Å². The zero-order chi connectivity index (χ0) is 28.8. The van der Waals surface area contributed by atoms with E-state index < -0.39 is 15.4 Å². The smallest absolute Gasteiger partial charge is 0.238 e. The van der Waals surface area contributed by atoms with Crippen LogP contribution in [0.15, 0.2) is 36.7 Å². The van der Waals surface area contributed by atoms with Gasteiger partial charge in [0, 0.05) is 50.0 Å². The fourth-order valence-corrected chi connectivity index (χ4v) is 7.06. The summed E-state index contributed by atoms with van der Waals surface area (Å²) in [6.45, 7) is 3.25. The quantitative estimate of drug-likeness (QED) is 0.379. The fraction of sp³-hybridized carbons (Fsp3) is 0.500. The first-order valence-electron chi connectivity index (χ1n) is 14.3. The Labute approximate surface area is 241 Å². The maximum Gasteiger partial charge on any atom is 0.238 e. The number of sulfonamides is 1. The first kappa shape index (κ1) is 27.9. The third kappa shape index (κ3) is 5.26. The Kier molecular flexibility index (Phi) is 7.37. The number of hydrogen-bond acceptors (Lipinski definition) is 8. The minimum absolute atomic E-state index is 0.139. The summed E-state index contributed by atoms with van der Waals surface area (Å²) < 4.78 is 38.5. The number of aromatic nitrogens is 2. The van der Waals surface area contributed by atoms with Gasteiger partial charge < -0.3 is 19.3 Å². The van der Waals surface area contributed by atoms with E-state index in [1.54, 1.807) is 30.5 Å². The van der Waals surface area contributed by atoms with Crippen molar-refractivity contribution in [3.8, 4) is 17.0 Å². The molecule has 1 aromatic carbocycles. The van der Waals surface area contributed by atoms with Gasteiger partial charge in [-0.3, -0.25) is 14.5 Å². The van der Waals surface area contributed by atoms with Crippen LogP contribution >= 0.6 is 0 Å². The van der Waals surface area contributed by atoms with Gasteiger partial charge in [0.05, 0.1) is 41.8 Å². The second-order valence-corrected chi connectivity index (χ2v) is 13.3. The molecule has 1 saturated carbocycles. The third-order valence-corrected chi connectivity index (χ3v) is 9.33. The molecule has 1 unspecified atom stereocenters. The van der Waals surface area contributed by atoms with E-state index in [0.29, 0.717) is 12.3 Å². The number of piperidine rings is 1. The molecular formula is C30H37N5O5S. The van der Waals surface area contributed by atoms with E-state index in [2.05, 4.69) is 19.6 Å². The first-order chi connectivity index (χ1) is 19.7. The van der Waals surface area contributed by atoms with Crippen LogP contribution in [0.1, 0.15) is 44.1 Å². The molecule has 1 amide bonds. The lowest BCUT2D eigenvalue weighted by Gasteiger charge is -2.37. The summed E-state index contributed by atoms with van der Waals surface area (Å²) in [6.07, 6.45) is 10.6. The highest BCUT2D eigenvalue weighted by Gasteiger charge is 2.54. The van der Waals surface area contributed by atoms with Gasteiger partial charge in [0.1, 0.15) is 5.69 Å². The molecule has 41 heavy (non-hydrogen) atoms. The summed E-state index contributed by atoms with van der Waals surface area (Å²) in [5.74, 6) is 0.386. The number of fused-ring (bicyclic) bond motifs is 4. The molecule has 1 N–H and O–H groups in total. The van der Waals surface area contributed by atoms with E-state index in [9.17, 15) is 13.2 Å². The topological polar surface area (TPSA) is 114 Å². The molecule has 11 heteroatoms. The van der Waals surface area contributed by atoms with Crippen LogP contribution in [0, 0.1) is 0 Å². The molecule has 1 aliphatic carbocycles. The maximum absolute atomic E-state index is 13.2. The third-order valence-electron chi connectivity index (χ3n) is 8.74. The minimum Gasteiger partial charge on any atom is -0.476 e. The molecule has 2 fully saturated rings. The van der Waals surface area contributed by atoms with E-state index in [1.807, 2.05) is 25.2 Å². The van der Waals surface area contributed by atoms with Crippen molar-refractivity contribution in [3.05, 3.63) is 42.2 Å².